The highest BCUT2D eigenvalue weighted by Crippen LogP contribution is 2.34. The van der Waals surface area contributed by atoms with Crippen molar-refractivity contribution in [3.05, 3.63) is 16.0 Å². The van der Waals surface area contributed by atoms with E-state index in [1.807, 2.05) is 6.92 Å². The van der Waals surface area contributed by atoms with Crippen LogP contribution in [-0.2, 0) is 10.0 Å². The third kappa shape index (κ3) is 3.58. The van der Waals surface area contributed by atoms with Crippen molar-refractivity contribution in [2.24, 2.45) is 0 Å². The summed E-state index contributed by atoms with van der Waals surface area (Å²) in [7, 11) is -3.43. The normalized spacial score (nSPS) is 17.8. The number of hydrogen-bond donors (Lipinski definition) is 0. The van der Waals surface area contributed by atoms with Crippen LogP contribution in [0, 0.1) is 6.92 Å². The molecule has 0 aliphatic heterocycles. The Balaban J connectivity index is 2.31. The van der Waals surface area contributed by atoms with Crippen LogP contribution in [0.15, 0.2) is 10.3 Å². The molecule has 1 saturated carbocycles. The average Bonchev–Trinajstić information content (AvgIpc) is 2.77. The van der Waals surface area contributed by atoms with E-state index in [-0.39, 0.29) is 6.04 Å². The molecule has 1 aliphatic carbocycles. The van der Waals surface area contributed by atoms with Gasteiger partial charge in [-0.2, -0.15) is 4.31 Å². The van der Waals surface area contributed by atoms with Crippen LogP contribution in [0.5, 0.6) is 0 Å². The van der Waals surface area contributed by atoms with Crippen LogP contribution in [0.25, 0.3) is 0 Å². The van der Waals surface area contributed by atoms with Gasteiger partial charge in [-0.05, 0) is 31.4 Å². The number of sulfonamides is 1. The van der Waals surface area contributed by atoms with Gasteiger partial charge in [-0.15, -0.1) is 11.3 Å². The third-order valence-corrected chi connectivity index (χ3v) is 8.00. The van der Waals surface area contributed by atoms with Crippen LogP contribution in [0.3, 0.4) is 0 Å². The molecule has 0 atom stereocenters. The minimum absolute atomic E-state index is 0.132. The Morgan fingerprint density at radius 3 is 2.55 bits per heavy atom. The van der Waals surface area contributed by atoms with Crippen molar-refractivity contribution in [2.75, 3.05) is 11.9 Å². The predicted molar refractivity (Wildman–Crippen MR) is 88.6 cm³/mol. The van der Waals surface area contributed by atoms with E-state index in [1.54, 1.807) is 10.4 Å². The van der Waals surface area contributed by atoms with Gasteiger partial charge in [-0.1, -0.05) is 46.8 Å². The molecule has 0 N–H and O–H groups in total. The first kappa shape index (κ1) is 16.7. The lowest BCUT2D eigenvalue weighted by molar-refractivity contribution is 0.263. The molecule has 0 unspecified atom stereocenters. The Labute approximate surface area is 138 Å². The number of alkyl halides is 1. The Bertz CT molecular complexity index is 533. The maximum atomic E-state index is 12.8. The summed E-state index contributed by atoms with van der Waals surface area (Å²) in [6.45, 7) is 2.36. The van der Waals surface area contributed by atoms with Crippen LogP contribution in [0.2, 0.25) is 4.34 Å². The Hall–Kier alpha value is 0.380. The van der Waals surface area contributed by atoms with E-state index in [4.69, 9.17) is 11.6 Å². The van der Waals surface area contributed by atoms with E-state index in [9.17, 15) is 8.42 Å². The highest BCUT2D eigenvalue weighted by molar-refractivity contribution is 9.09. The molecule has 0 saturated heterocycles. The van der Waals surface area contributed by atoms with E-state index < -0.39 is 10.0 Å². The number of rotatable bonds is 5. The summed E-state index contributed by atoms with van der Waals surface area (Å²) < 4.78 is 28.3. The molecular formula is C13H19BrClNO2S2. The lowest BCUT2D eigenvalue weighted by atomic mass is 9.95. The van der Waals surface area contributed by atoms with Crippen LogP contribution < -0.4 is 0 Å². The van der Waals surface area contributed by atoms with Crippen molar-refractivity contribution in [1.82, 2.24) is 4.31 Å². The number of hydrogen-bond acceptors (Lipinski definition) is 3. The molecule has 1 aliphatic rings. The van der Waals surface area contributed by atoms with Gasteiger partial charge in [0.1, 0.15) is 4.21 Å². The quantitative estimate of drug-likeness (QED) is 0.686. The molecule has 0 radical (unpaired) electrons. The van der Waals surface area contributed by atoms with Gasteiger partial charge in [0.05, 0.1) is 4.34 Å². The lowest BCUT2D eigenvalue weighted by Crippen LogP contribution is -2.42. The molecule has 0 amide bonds. The standard InChI is InChI=1S/C13H19BrClNO2S2/c1-10-9-12(19-13(10)15)20(17,18)16(8-7-14)11-5-3-2-4-6-11/h9,11H,2-8H2,1H3. The second-order valence-electron chi connectivity index (χ2n) is 5.12. The van der Waals surface area contributed by atoms with Crippen LogP contribution >= 0.6 is 38.9 Å². The fourth-order valence-electron chi connectivity index (χ4n) is 2.63. The molecule has 7 heteroatoms. The molecule has 1 fully saturated rings. The van der Waals surface area contributed by atoms with Gasteiger partial charge in [0.2, 0.25) is 0 Å². The minimum atomic E-state index is -3.43. The van der Waals surface area contributed by atoms with Crippen LogP contribution in [0.4, 0.5) is 0 Å². The summed E-state index contributed by atoms with van der Waals surface area (Å²) in [5.41, 5.74) is 0.831. The van der Waals surface area contributed by atoms with Gasteiger partial charge < -0.3 is 0 Å². The monoisotopic (exact) mass is 399 g/mol. The molecule has 0 aromatic carbocycles. The minimum Gasteiger partial charge on any atom is -0.206 e. The van der Waals surface area contributed by atoms with E-state index in [0.717, 1.165) is 42.6 Å². The molecule has 1 heterocycles. The van der Waals surface area contributed by atoms with Gasteiger partial charge in [0.15, 0.2) is 0 Å². The highest BCUT2D eigenvalue weighted by atomic mass is 79.9. The lowest BCUT2D eigenvalue weighted by Gasteiger charge is -2.32. The number of thiophene rings is 1. The molecule has 0 bridgehead atoms. The Morgan fingerprint density at radius 1 is 1.40 bits per heavy atom. The second kappa shape index (κ2) is 7.09. The number of nitrogens with zero attached hydrogens (tertiary/aromatic N) is 1. The van der Waals surface area contributed by atoms with E-state index in [1.165, 1.54) is 6.42 Å². The topological polar surface area (TPSA) is 37.4 Å². The Kier molecular flexibility index (Phi) is 5.94. The van der Waals surface area contributed by atoms with Gasteiger partial charge >= 0.3 is 0 Å². The SMILES string of the molecule is Cc1cc(S(=O)(=O)N(CCBr)C2CCCCC2)sc1Cl. The second-order valence-corrected chi connectivity index (χ2v) is 9.68. The van der Waals surface area contributed by atoms with Crippen molar-refractivity contribution in [2.45, 2.75) is 49.3 Å². The number of aryl methyl sites for hydroxylation is 1. The van der Waals surface area contributed by atoms with Crippen LogP contribution in [-0.4, -0.2) is 30.6 Å². The largest absolute Gasteiger partial charge is 0.252 e. The van der Waals surface area contributed by atoms with Gasteiger partial charge in [-0.3, -0.25) is 0 Å². The van der Waals surface area contributed by atoms with Gasteiger partial charge in [0, 0.05) is 17.9 Å². The molecule has 3 nitrogen and oxygen atoms in total. The summed E-state index contributed by atoms with van der Waals surface area (Å²) >= 11 is 10.6. The maximum absolute atomic E-state index is 12.8. The van der Waals surface area contributed by atoms with Gasteiger partial charge in [0.25, 0.3) is 10.0 Å². The molecule has 1 aromatic heterocycles. The molecule has 0 spiro atoms. The third-order valence-electron chi connectivity index (χ3n) is 3.68. The fourth-order valence-corrected chi connectivity index (χ4v) is 6.77. The van der Waals surface area contributed by atoms with Crippen molar-refractivity contribution in [1.29, 1.82) is 0 Å². The number of halogens is 2. The van der Waals surface area contributed by atoms with Crippen molar-refractivity contribution in [3.8, 4) is 0 Å². The first-order valence-electron chi connectivity index (χ1n) is 6.80. The molecular weight excluding hydrogens is 382 g/mol. The highest BCUT2D eigenvalue weighted by Gasteiger charge is 2.33. The van der Waals surface area contributed by atoms with Crippen molar-refractivity contribution in [3.63, 3.8) is 0 Å². The zero-order chi connectivity index (χ0) is 14.8. The Morgan fingerprint density at radius 2 is 2.05 bits per heavy atom. The van der Waals surface area contributed by atoms with Crippen LogP contribution in [0.1, 0.15) is 37.7 Å². The zero-order valence-corrected chi connectivity index (χ0v) is 15.4. The van der Waals surface area contributed by atoms with Crippen molar-refractivity contribution < 1.29 is 8.42 Å². The first-order chi connectivity index (χ1) is 9.46. The average molecular weight is 401 g/mol. The fraction of sp³-hybridized carbons (Fsp3) is 0.692. The van der Waals surface area contributed by atoms with Gasteiger partial charge in [-0.25, -0.2) is 8.42 Å². The van der Waals surface area contributed by atoms with E-state index in [0.29, 0.717) is 20.4 Å². The molecule has 2 rings (SSSR count). The summed E-state index contributed by atoms with van der Waals surface area (Å²) in [6.07, 6.45) is 5.36. The summed E-state index contributed by atoms with van der Waals surface area (Å²) in [6, 6.07) is 1.82. The van der Waals surface area contributed by atoms with Crippen molar-refractivity contribution >= 4 is 48.9 Å². The maximum Gasteiger partial charge on any atom is 0.252 e. The summed E-state index contributed by atoms with van der Waals surface area (Å²) in [5, 5.41) is 0.654. The molecule has 1 aromatic rings. The smallest absolute Gasteiger partial charge is 0.206 e. The predicted octanol–water partition coefficient (Wildman–Crippen LogP) is 4.43. The van der Waals surface area contributed by atoms with E-state index >= 15 is 0 Å². The summed E-state index contributed by atoms with van der Waals surface area (Å²) in [4.78, 5) is 0. The summed E-state index contributed by atoms with van der Waals surface area (Å²) in [5.74, 6) is 0. The molecule has 20 heavy (non-hydrogen) atoms. The zero-order valence-electron chi connectivity index (χ0n) is 11.4. The van der Waals surface area contributed by atoms with E-state index in [2.05, 4.69) is 15.9 Å². The molecule has 114 valence electrons. The first-order valence-corrected chi connectivity index (χ1v) is 10.6.